The summed E-state index contributed by atoms with van der Waals surface area (Å²) in [6, 6.07) is 64.5. The molecule has 0 saturated carbocycles. The van der Waals surface area contributed by atoms with Gasteiger partial charge in [-0.2, -0.15) is 0 Å². The van der Waals surface area contributed by atoms with E-state index in [-0.39, 0.29) is 0 Å². The summed E-state index contributed by atoms with van der Waals surface area (Å²) in [4.78, 5) is 2.44. The number of benzene rings is 8. The van der Waals surface area contributed by atoms with E-state index in [0.29, 0.717) is 0 Å². The van der Waals surface area contributed by atoms with E-state index in [0.717, 1.165) is 11.4 Å². The van der Waals surface area contributed by atoms with Crippen LogP contribution in [0.1, 0.15) is 0 Å². The smallest absolute Gasteiger partial charge is 0.0554 e. The van der Waals surface area contributed by atoms with Crippen LogP contribution in [0.25, 0.3) is 73.4 Å². The van der Waals surface area contributed by atoms with Crippen LogP contribution in [0.15, 0.2) is 176 Å². The predicted molar refractivity (Wildman–Crippen MR) is 215 cm³/mol. The minimum absolute atomic E-state index is 1.13. The first-order valence-corrected chi connectivity index (χ1v) is 18.2. The van der Waals surface area contributed by atoms with E-state index in [1.54, 1.807) is 0 Å². The van der Waals surface area contributed by atoms with E-state index in [1.165, 1.54) is 79.1 Å². The molecule has 2 aromatic heterocycles. The van der Waals surface area contributed by atoms with Crippen molar-refractivity contribution in [1.82, 2.24) is 0 Å². The Bertz CT molecular complexity index is 2840. The van der Waals surface area contributed by atoms with Crippen molar-refractivity contribution in [2.75, 3.05) is 4.90 Å². The van der Waals surface area contributed by atoms with Gasteiger partial charge in [-0.1, -0.05) is 115 Å². The minimum atomic E-state index is 1.13. The highest BCUT2D eigenvalue weighted by molar-refractivity contribution is 7.26. The molecule has 1 nitrogen and oxygen atoms in total. The van der Waals surface area contributed by atoms with Gasteiger partial charge in [-0.05, 0) is 93.7 Å². The molecule has 0 aliphatic rings. The van der Waals surface area contributed by atoms with E-state index in [1.807, 2.05) is 22.7 Å². The van der Waals surface area contributed by atoms with Gasteiger partial charge >= 0.3 is 0 Å². The van der Waals surface area contributed by atoms with Crippen molar-refractivity contribution < 1.29 is 0 Å². The molecule has 10 rings (SSSR count). The normalized spacial score (nSPS) is 11.7. The SMILES string of the molecule is c1cc(-c2ccc3ccccc3c2)cc(N(c2ccc(-c3cccc4sc5ccccc5c34)cc2)c2cccc3sc4ccccc4c23)c1. The molecule has 0 radical (unpaired) electrons. The largest absolute Gasteiger partial charge is 0.310 e. The average Bonchev–Trinajstić information content (AvgIpc) is 3.74. The average molecular weight is 660 g/mol. The molecular formula is C46H29NS2. The highest BCUT2D eigenvalue weighted by Gasteiger charge is 2.19. The Morgan fingerprint density at radius 1 is 0.347 bits per heavy atom. The highest BCUT2D eigenvalue weighted by Crippen LogP contribution is 2.46. The van der Waals surface area contributed by atoms with Crippen LogP contribution in [0, 0.1) is 0 Å². The van der Waals surface area contributed by atoms with Crippen LogP contribution < -0.4 is 4.90 Å². The number of nitrogens with zero attached hydrogens (tertiary/aromatic N) is 1. The summed E-state index contributed by atoms with van der Waals surface area (Å²) >= 11 is 3.73. The Morgan fingerprint density at radius 3 is 1.73 bits per heavy atom. The number of thiophene rings is 2. The van der Waals surface area contributed by atoms with Crippen molar-refractivity contribution >= 4 is 90.9 Å². The molecule has 0 bridgehead atoms. The lowest BCUT2D eigenvalue weighted by Crippen LogP contribution is -2.10. The van der Waals surface area contributed by atoms with Crippen LogP contribution in [0.2, 0.25) is 0 Å². The Morgan fingerprint density at radius 2 is 0.939 bits per heavy atom. The molecule has 0 amide bonds. The molecule has 230 valence electrons. The molecule has 0 unspecified atom stereocenters. The molecule has 0 spiro atoms. The lowest BCUT2D eigenvalue weighted by Gasteiger charge is -2.27. The highest BCUT2D eigenvalue weighted by atomic mass is 32.1. The first-order valence-electron chi connectivity index (χ1n) is 16.6. The molecule has 0 aliphatic carbocycles. The topological polar surface area (TPSA) is 3.24 Å². The van der Waals surface area contributed by atoms with Crippen LogP contribution in [-0.4, -0.2) is 0 Å². The number of fused-ring (bicyclic) bond motifs is 7. The summed E-state index contributed by atoms with van der Waals surface area (Å²) in [6.07, 6.45) is 0. The lowest BCUT2D eigenvalue weighted by atomic mass is 9.98. The zero-order valence-corrected chi connectivity index (χ0v) is 28.1. The van der Waals surface area contributed by atoms with Crippen LogP contribution in [0.4, 0.5) is 17.1 Å². The van der Waals surface area contributed by atoms with Gasteiger partial charge in [0.15, 0.2) is 0 Å². The zero-order valence-electron chi connectivity index (χ0n) is 26.5. The summed E-state index contributed by atoms with van der Waals surface area (Å²) in [5.41, 5.74) is 8.36. The fourth-order valence-corrected chi connectivity index (χ4v) is 9.63. The first kappa shape index (κ1) is 28.3. The van der Waals surface area contributed by atoms with Crippen molar-refractivity contribution in [2.45, 2.75) is 0 Å². The van der Waals surface area contributed by atoms with Crippen molar-refractivity contribution in [3.05, 3.63) is 176 Å². The standard InChI is InChI=1S/C46H29NS2/c1-2-11-32-28-34(23-22-30(32)10-1)33-12-7-13-36(29-33)47(40-17-9-21-44-46(40)39-15-4-6-19-42(39)49-44)35-26-24-31(25-27-35)37-16-8-20-43-45(37)38-14-3-5-18-41(38)48-43/h1-29H. The molecule has 0 atom stereocenters. The zero-order chi connectivity index (χ0) is 32.3. The second-order valence-corrected chi connectivity index (χ2v) is 14.7. The minimum Gasteiger partial charge on any atom is -0.310 e. The quantitative estimate of drug-likeness (QED) is 0.178. The van der Waals surface area contributed by atoms with Crippen LogP contribution >= 0.6 is 22.7 Å². The first-order chi connectivity index (χ1) is 24.3. The summed E-state index contributed by atoms with van der Waals surface area (Å²) < 4.78 is 5.25. The second kappa shape index (κ2) is 11.5. The maximum Gasteiger partial charge on any atom is 0.0554 e. The third-order valence-electron chi connectivity index (χ3n) is 9.65. The number of hydrogen-bond acceptors (Lipinski definition) is 3. The van der Waals surface area contributed by atoms with Crippen LogP contribution in [-0.2, 0) is 0 Å². The number of anilines is 3. The van der Waals surface area contributed by atoms with Gasteiger partial charge in [0.1, 0.15) is 0 Å². The molecule has 3 heteroatoms. The fraction of sp³-hybridized carbons (Fsp3) is 0. The van der Waals surface area contributed by atoms with E-state index in [2.05, 4.69) is 181 Å². The molecular weight excluding hydrogens is 631 g/mol. The van der Waals surface area contributed by atoms with Crippen molar-refractivity contribution in [3.63, 3.8) is 0 Å². The maximum atomic E-state index is 2.44. The predicted octanol–water partition coefficient (Wildman–Crippen LogP) is 14.4. The van der Waals surface area contributed by atoms with Crippen molar-refractivity contribution in [2.24, 2.45) is 0 Å². The van der Waals surface area contributed by atoms with Crippen LogP contribution in [0.3, 0.4) is 0 Å². The molecule has 10 aromatic rings. The number of rotatable bonds is 5. The van der Waals surface area contributed by atoms with Crippen molar-refractivity contribution in [1.29, 1.82) is 0 Å². The lowest BCUT2D eigenvalue weighted by molar-refractivity contribution is 1.30. The third-order valence-corrected chi connectivity index (χ3v) is 11.9. The maximum absolute atomic E-state index is 2.44. The Labute approximate surface area is 292 Å². The third kappa shape index (κ3) is 4.74. The van der Waals surface area contributed by atoms with Gasteiger partial charge in [0.2, 0.25) is 0 Å². The summed E-state index contributed by atoms with van der Waals surface area (Å²) in [5.74, 6) is 0. The van der Waals surface area contributed by atoms with E-state index in [4.69, 9.17) is 0 Å². The van der Waals surface area contributed by atoms with E-state index < -0.39 is 0 Å². The fourth-order valence-electron chi connectivity index (χ4n) is 7.37. The number of hydrogen-bond donors (Lipinski definition) is 0. The monoisotopic (exact) mass is 659 g/mol. The van der Waals surface area contributed by atoms with Gasteiger partial charge in [-0.3, -0.25) is 0 Å². The molecule has 0 fully saturated rings. The van der Waals surface area contributed by atoms with Gasteiger partial charge in [-0.25, -0.2) is 0 Å². The van der Waals surface area contributed by atoms with Gasteiger partial charge < -0.3 is 4.90 Å². The van der Waals surface area contributed by atoms with E-state index in [9.17, 15) is 0 Å². The van der Waals surface area contributed by atoms with Gasteiger partial charge in [0.05, 0.1) is 5.69 Å². The Balaban J connectivity index is 1.16. The summed E-state index contributed by atoms with van der Waals surface area (Å²) in [6.45, 7) is 0. The van der Waals surface area contributed by atoms with Crippen LogP contribution in [0.5, 0.6) is 0 Å². The Hall–Kier alpha value is -5.74. The Kier molecular flexibility index (Phi) is 6.61. The van der Waals surface area contributed by atoms with Gasteiger partial charge in [-0.15, -0.1) is 22.7 Å². The molecule has 49 heavy (non-hydrogen) atoms. The van der Waals surface area contributed by atoms with Crippen molar-refractivity contribution in [3.8, 4) is 22.3 Å². The second-order valence-electron chi connectivity index (χ2n) is 12.5. The molecule has 8 aromatic carbocycles. The van der Waals surface area contributed by atoms with Gasteiger partial charge in [0, 0.05) is 51.7 Å². The summed E-state index contributed by atoms with van der Waals surface area (Å²) in [7, 11) is 0. The molecule has 2 heterocycles. The van der Waals surface area contributed by atoms with E-state index >= 15 is 0 Å². The van der Waals surface area contributed by atoms with Gasteiger partial charge in [0.25, 0.3) is 0 Å². The molecule has 0 aliphatic heterocycles. The molecule has 0 saturated heterocycles. The molecule has 0 N–H and O–H groups in total. The summed E-state index contributed by atoms with van der Waals surface area (Å²) in [5, 5.41) is 7.75.